The van der Waals surface area contributed by atoms with Crippen molar-refractivity contribution in [3.8, 4) is 10.4 Å². The largest absolute Gasteiger partial charge is 0.370 e. The predicted octanol–water partition coefficient (Wildman–Crippen LogP) is 1.34. The summed E-state index contributed by atoms with van der Waals surface area (Å²) in [6, 6.07) is 9.64. The number of benzene rings is 1. The van der Waals surface area contributed by atoms with Crippen LogP contribution in [0.4, 0.5) is 5.69 Å². The molecule has 0 radical (unpaired) electrons. The van der Waals surface area contributed by atoms with Crippen LogP contribution < -0.4 is 17.2 Å². The van der Waals surface area contributed by atoms with Gasteiger partial charge in [0.05, 0.1) is 16.3 Å². The molecule has 6 nitrogen and oxygen atoms in total. The first-order valence-electron chi connectivity index (χ1n) is 5.52. The molecule has 98 valence electrons. The van der Waals surface area contributed by atoms with Gasteiger partial charge in [-0.2, -0.15) is 9.37 Å². The minimum absolute atomic E-state index is 0.0256. The van der Waals surface area contributed by atoms with Gasteiger partial charge in [-0.3, -0.25) is 0 Å². The zero-order valence-corrected chi connectivity index (χ0v) is 11.2. The van der Waals surface area contributed by atoms with Crippen molar-refractivity contribution in [3.05, 3.63) is 36.0 Å². The van der Waals surface area contributed by atoms with Gasteiger partial charge in [-0.25, -0.2) is 4.99 Å². The van der Waals surface area contributed by atoms with E-state index in [2.05, 4.69) is 14.4 Å². The fourth-order valence-electron chi connectivity index (χ4n) is 1.52. The third kappa shape index (κ3) is 3.52. The van der Waals surface area contributed by atoms with E-state index in [0.717, 1.165) is 16.1 Å². The first kappa shape index (κ1) is 13.0. The highest BCUT2D eigenvalue weighted by molar-refractivity contribution is 7.09. The maximum Gasteiger partial charge on any atom is 0.223 e. The van der Waals surface area contributed by atoms with Crippen molar-refractivity contribution in [3.63, 3.8) is 0 Å². The lowest BCUT2D eigenvalue weighted by molar-refractivity contribution is 1.35. The summed E-state index contributed by atoms with van der Waals surface area (Å²) in [7, 11) is 0. The first-order valence-corrected chi connectivity index (χ1v) is 6.29. The Morgan fingerprint density at radius 1 is 1.21 bits per heavy atom. The second kappa shape index (κ2) is 5.49. The number of rotatable bonds is 2. The molecular formula is C12H14N6S. The Balaban J connectivity index is 2.32. The van der Waals surface area contributed by atoms with Crippen molar-refractivity contribution in [2.45, 2.75) is 6.92 Å². The molecule has 0 aliphatic rings. The molecule has 0 fully saturated rings. The monoisotopic (exact) mass is 274 g/mol. The minimum Gasteiger partial charge on any atom is -0.370 e. The van der Waals surface area contributed by atoms with Crippen LogP contribution in [0.25, 0.3) is 10.4 Å². The lowest BCUT2D eigenvalue weighted by atomic mass is 10.1. The van der Waals surface area contributed by atoms with Crippen molar-refractivity contribution in [1.82, 2.24) is 4.37 Å². The number of hydrogen-bond acceptors (Lipinski definition) is 3. The van der Waals surface area contributed by atoms with Gasteiger partial charge in [0.1, 0.15) is 0 Å². The second-order valence-electron chi connectivity index (χ2n) is 3.89. The van der Waals surface area contributed by atoms with E-state index in [9.17, 15) is 0 Å². The first-order chi connectivity index (χ1) is 9.04. The normalized spacial score (nSPS) is 11.3. The Labute approximate surface area is 114 Å². The van der Waals surface area contributed by atoms with E-state index in [1.165, 1.54) is 11.5 Å². The summed E-state index contributed by atoms with van der Waals surface area (Å²) in [5.41, 5.74) is 18.8. The highest BCUT2D eigenvalue weighted by Crippen LogP contribution is 2.27. The lowest BCUT2D eigenvalue weighted by Gasteiger charge is -1.99. The second-order valence-corrected chi connectivity index (χ2v) is 4.69. The lowest BCUT2D eigenvalue weighted by Crippen LogP contribution is -2.26. The van der Waals surface area contributed by atoms with E-state index < -0.39 is 0 Å². The molecule has 1 aromatic carbocycles. The number of aliphatic imine (C=N–C) groups is 2. The highest BCUT2D eigenvalue weighted by atomic mass is 32.1. The molecule has 0 spiro atoms. The number of nitrogens with two attached hydrogens (primary N) is 3. The molecule has 1 aromatic heterocycles. The number of aryl methyl sites for hydroxylation is 1. The molecule has 19 heavy (non-hydrogen) atoms. The fourth-order valence-corrected chi connectivity index (χ4v) is 2.27. The van der Waals surface area contributed by atoms with E-state index in [0.29, 0.717) is 5.69 Å². The number of hydrogen-bond donors (Lipinski definition) is 3. The van der Waals surface area contributed by atoms with Crippen LogP contribution in [0.1, 0.15) is 5.69 Å². The zero-order chi connectivity index (χ0) is 13.8. The molecule has 0 aliphatic heterocycles. The molecule has 0 saturated heterocycles. The van der Waals surface area contributed by atoms with Gasteiger partial charge in [0.15, 0.2) is 5.96 Å². The number of guanidine groups is 2. The van der Waals surface area contributed by atoms with Gasteiger partial charge in [0.25, 0.3) is 0 Å². The van der Waals surface area contributed by atoms with Crippen LogP contribution in [0.2, 0.25) is 0 Å². The summed E-state index contributed by atoms with van der Waals surface area (Å²) in [6.07, 6.45) is 0. The van der Waals surface area contributed by atoms with Crippen molar-refractivity contribution in [1.29, 1.82) is 0 Å². The molecule has 2 rings (SSSR count). The van der Waals surface area contributed by atoms with Crippen LogP contribution in [0.15, 0.2) is 40.3 Å². The van der Waals surface area contributed by atoms with Gasteiger partial charge in [-0.05, 0) is 42.2 Å². The fraction of sp³-hybridized carbons (Fsp3) is 0.0833. The number of nitrogens with zero attached hydrogens (tertiary/aromatic N) is 3. The standard InChI is InChI=1S/C12H14N6S/c1-7-5-10(19-18-7)8-3-2-4-9(6-8)16-12(15)17-11(13)14/h2-6H,1H3,(H6,13,14,15,16,17). The summed E-state index contributed by atoms with van der Waals surface area (Å²) in [6.45, 7) is 1.96. The van der Waals surface area contributed by atoms with Crippen molar-refractivity contribution in [2.75, 3.05) is 0 Å². The van der Waals surface area contributed by atoms with Crippen LogP contribution in [0, 0.1) is 6.92 Å². The van der Waals surface area contributed by atoms with Crippen molar-refractivity contribution >= 4 is 29.1 Å². The van der Waals surface area contributed by atoms with Crippen LogP contribution >= 0.6 is 11.5 Å². The van der Waals surface area contributed by atoms with Crippen LogP contribution in [0.3, 0.4) is 0 Å². The van der Waals surface area contributed by atoms with Gasteiger partial charge in [0.2, 0.25) is 5.96 Å². The van der Waals surface area contributed by atoms with Crippen LogP contribution in [-0.2, 0) is 0 Å². The topological polar surface area (TPSA) is 116 Å². The van der Waals surface area contributed by atoms with E-state index in [1.54, 1.807) is 0 Å². The molecular weight excluding hydrogens is 260 g/mol. The Hall–Kier alpha value is -2.41. The van der Waals surface area contributed by atoms with Gasteiger partial charge in [-0.1, -0.05) is 12.1 Å². The van der Waals surface area contributed by atoms with E-state index in [4.69, 9.17) is 17.2 Å². The Morgan fingerprint density at radius 3 is 2.63 bits per heavy atom. The Morgan fingerprint density at radius 2 is 2.00 bits per heavy atom. The van der Waals surface area contributed by atoms with Crippen molar-refractivity contribution < 1.29 is 0 Å². The zero-order valence-electron chi connectivity index (χ0n) is 10.4. The molecule has 7 heteroatoms. The van der Waals surface area contributed by atoms with Gasteiger partial charge < -0.3 is 17.2 Å². The average molecular weight is 274 g/mol. The van der Waals surface area contributed by atoms with Crippen LogP contribution in [0.5, 0.6) is 0 Å². The molecule has 0 bridgehead atoms. The summed E-state index contributed by atoms with van der Waals surface area (Å²) >= 11 is 1.44. The molecule has 0 aliphatic carbocycles. The quantitative estimate of drug-likeness (QED) is 0.566. The van der Waals surface area contributed by atoms with E-state index in [-0.39, 0.29) is 11.9 Å². The smallest absolute Gasteiger partial charge is 0.223 e. The van der Waals surface area contributed by atoms with Crippen LogP contribution in [-0.4, -0.2) is 16.3 Å². The average Bonchev–Trinajstić information content (AvgIpc) is 2.75. The summed E-state index contributed by atoms with van der Waals surface area (Å²) < 4.78 is 4.25. The molecule has 0 unspecified atom stereocenters. The van der Waals surface area contributed by atoms with Gasteiger partial charge >= 0.3 is 0 Å². The minimum atomic E-state index is -0.115. The van der Waals surface area contributed by atoms with E-state index >= 15 is 0 Å². The predicted molar refractivity (Wildman–Crippen MR) is 79.4 cm³/mol. The molecule has 0 atom stereocenters. The Kier molecular flexibility index (Phi) is 3.76. The van der Waals surface area contributed by atoms with Gasteiger partial charge in [-0.15, -0.1) is 0 Å². The molecule has 2 aromatic rings. The molecule has 1 heterocycles. The maximum absolute atomic E-state index is 5.59. The molecule has 0 saturated carbocycles. The molecule has 6 N–H and O–H groups in total. The number of aromatic nitrogens is 1. The summed E-state index contributed by atoms with van der Waals surface area (Å²) in [5, 5.41) is 0. The third-order valence-electron chi connectivity index (χ3n) is 2.25. The Bertz CT molecular complexity index is 639. The van der Waals surface area contributed by atoms with E-state index in [1.807, 2.05) is 37.3 Å². The van der Waals surface area contributed by atoms with Crippen molar-refractivity contribution in [2.24, 2.45) is 27.2 Å². The highest BCUT2D eigenvalue weighted by Gasteiger charge is 2.03. The third-order valence-corrected chi connectivity index (χ3v) is 3.18. The summed E-state index contributed by atoms with van der Waals surface area (Å²) in [4.78, 5) is 8.87. The molecule has 0 amide bonds. The SMILES string of the molecule is Cc1cc(-c2cccc(N=C(N)N=C(N)N)c2)sn1. The summed E-state index contributed by atoms with van der Waals surface area (Å²) in [5.74, 6) is -0.0897. The van der Waals surface area contributed by atoms with Gasteiger partial charge in [0, 0.05) is 0 Å². The maximum atomic E-state index is 5.59.